The molecule has 1 N–H and O–H groups in total. The molecule has 8 heteroatoms. The molecule has 2 aromatic rings. The largest absolute Gasteiger partial charge is 0.458 e. The molecule has 0 saturated heterocycles. The monoisotopic (exact) mass is 518 g/mol. The van der Waals surface area contributed by atoms with Gasteiger partial charge in [0.15, 0.2) is 23.0 Å². The Kier molecular flexibility index (Phi) is 9.79. The van der Waals surface area contributed by atoms with Crippen molar-refractivity contribution < 1.29 is 38.4 Å². The molecule has 1 unspecified atom stereocenters. The van der Waals surface area contributed by atoms with Crippen molar-refractivity contribution in [3.63, 3.8) is 0 Å². The van der Waals surface area contributed by atoms with E-state index >= 15 is 0 Å². The fourth-order valence-corrected chi connectivity index (χ4v) is 4.29. The number of ether oxygens (including phenoxy) is 4. The Morgan fingerprint density at radius 1 is 0.684 bits per heavy atom. The van der Waals surface area contributed by atoms with Gasteiger partial charge in [0.25, 0.3) is 0 Å². The maximum absolute atomic E-state index is 11.8. The SMILES string of the molecule is C=CC(=O)Oc1ccc(C2CCC(c3ccc(OC(O)C=C)c(OC(=O)C=C)c3)CC2)cc1OC(=O)C=C. The molecule has 8 nitrogen and oxygen atoms in total. The quantitative estimate of drug-likeness (QED) is 0.141. The summed E-state index contributed by atoms with van der Waals surface area (Å²) in [5, 5.41) is 9.77. The van der Waals surface area contributed by atoms with E-state index in [1.807, 2.05) is 12.1 Å². The minimum atomic E-state index is -1.25. The van der Waals surface area contributed by atoms with Gasteiger partial charge in [0, 0.05) is 18.2 Å². The molecule has 2 aromatic carbocycles. The first-order chi connectivity index (χ1) is 18.3. The number of rotatable bonds is 11. The van der Waals surface area contributed by atoms with Gasteiger partial charge in [0.05, 0.1) is 0 Å². The van der Waals surface area contributed by atoms with Crippen LogP contribution in [0.15, 0.2) is 87.0 Å². The Morgan fingerprint density at radius 2 is 1.08 bits per heavy atom. The second kappa shape index (κ2) is 13.2. The summed E-state index contributed by atoms with van der Waals surface area (Å²) in [4.78, 5) is 35.3. The highest BCUT2D eigenvalue weighted by atomic mass is 16.6. The summed E-state index contributed by atoms with van der Waals surface area (Å²) >= 11 is 0. The zero-order valence-electron chi connectivity index (χ0n) is 21.0. The number of benzene rings is 2. The second-order valence-electron chi connectivity index (χ2n) is 8.58. The van der Waals surface area contributed by atoms with Crippen molar-refractivity contribution in [2.24, 2.45) is 0 Å². The molecule has 0 radical (unpaired) electrons. The fourth-order valence-electron chi connectivity index (χ4n) is 4.29. The van der Waals surface area contributed by atoms with Gasteiger partial charge in [-0.2, -0.15) is 0 Å². The van der Waals surface area contributed by atoms with E-state index in [4.69, 9.17) is 18.9 Å². The Hall–Kier alpha value is -4.43. The van der Waals surface area contributed by atoms with Crippen LogP contribution in [0, 0.1) is 0 Å². The number of carbonyl (C=O) groups is 3. The van der Waals surface area contributed by atoms with E-state index in [-0.39, 0.29) is 34.8 Å². The lowest BCUT2D eigenvalue weighted by Gasteiger charge is -2.30. The van der Waals surface area contributed by atoms with E-state index in [2.05, 4.69) is 26.3 Å². The van der Waals surface area contributed by atoms with E-state index in [1.54, 1.807) is 24.3 Å². The molecule has 3 rings (SSSR count). The van der Waals surface area contributed by atoms with Gasteiger partial charge < -0.3 is 24.1 Å². The van der Waals surface area contributed by atoms with Crippen LogP contribution >= 0.6 is 0 Å². The highest BCUT2D eigenvalue weighted by Gasteiger charge is 2.26. The molecule has 0 heterocycles. The molecular formula is C30H30O8. The Morgan fingerprint density at radius 3 is 1.50 bits per heavy atom. The normalized spacial score (nSPS) is 17.3. The zero-order valence-corrected chi connectivity index (χ0v) is 21.0. The van der Waals surface area contributed by atoms with E-state index < -0.39 is 24.2 Å². The maximum Gasteiger partial charge on any atom is 0.335 e. The third-order valence-electron chi connectivity index (χ3n) is 6.19. The Bertz CT molecular complexity index is 1240. The van der Waals surface area contributed by atoms with Crippen molar-refractivity contribution in [1.82, 2.24) is 0 Å². The van der Waals surface area contributed by atoms with Crippen molar-refractivity contribution in [3.8, 4) is 23.0 Å². The molecule has 1 aliphatic rings. The number of hydrogen-bond acceptors (Lipinski definition) is 8. The number of hydrogen-bond donors (Lipinski definition) is 1. The summed E-state index contributed by atoms with van der Waals surface area (Å²) < 4.78 is 21.2. The van der Waals surface area contributed by atoms with Crippen LogP contribution in [-0.4, -0.2) is 29.3 Å². The van der Waals surface area contributed by atoms with Gasteiger partial charge in [0.2, 0.25) is 6.29 Å². The lowest BCUT2D eigenvalue weighted by molar-refractivity contribution is -0.131. The standard InChI is InChI=1S/C30H30O8/c1-5-27(31)35-23-15-13-21(17-25(23)37-29(33)7-3)19-9-11-20(12-10-19)22-14-16-24(36-28(32)6-2)26(18-22)38-30(34)8-4/h5-8,13-20,27,31H,1-4,9-12H2. The van der Waals surface area contributed by atoms with Crippen LogP contribution in [0.5, 0.6) is 23.0 Å². The minimum Gasteiger partial charge on any atom is -0.458 e. The van der Waals surface area contributed by atoms with Crippen LogP contribution in [-0.2, 0) is 14.4 Å². The first-order valence-corrected chi connectivity index (χ1v) is 12.1. The summed E-state index contributed by atoms with van der Waals surface area (Å²) in [5.74, 6) is -0.914. The first kappa shape index (κ1) is 28.1. The van der Waals surface area contributed by atoms with Crippen LogP contribution in [0.4, 0.5) is 0 Å². The van der Waals surface area contributed by atoms with Gasteiger partial charge in [0.1, 0.15) is 0 Å². The van der Waals surface area contributed by atoms with Crippen LogP contribution < -0.4 is 18.9 Å². The van der Waals surface area contributed by atoms with Crippen molar-refractivity contribution >= 4 is 17.9 Å². The molecular weight excluding hydrogens is 488 g/mol. The molecule has 38 heavy (non-hydrogen) atoms. The van der Waals surface area contributed by atoms with E-state index in [1.165, 1.54) is 6.08 Å². The zero-order chi connectivity index (χ0) is 27.7. The predicted octanol–water partition coefficient (Wildman–Crippen LogP) is 5.29. The number of aliphatic hydroxyl groups excluding tert-OH is 1. The Balaban J connectivity index is 1.77. The molecule has 0 bridgehead atoms. The molecule has 1 aliphatic carbocycles. The maximum atomic E-state index is 11.8. The number of carbonyl (C=O) groups excluding carboxylic acids is 3. The van der Waals surface area contributed by atoms with Crippen LogP contribution in [0.2, 0.25) is 0 Å². The number of esters is 3. The summed E-state index contributed by atoms with van der Waals surface area (Å²) in [5.41, 5.74) is 1.93. The van der Waals surface area contributed by atoms with Crippen LogP contribution in [0.1, 0.15) is 48.6 Å². The summed E-state index contributed by atoms with van der Waals surface area (Å²) in [6.45, 7) is 13.7. The third kappa shape index (κ3) is 7.30. The topological polar surface area (TPSA) is 108 Å². The molecule has 1 fully saturated rings. The molecule has 1 atom stereocenters. The van der Waals surface area contributed by atoms with Gasteiger partial charge in [-0.3, -0.25) is 0 Å². The molecule has 1 saturated carbocycles. The molecule has 0 aromatic heterocycles. The number of aliphatic hydroxyl groups is 1. The van der Waals surface area contributed by atoms with Crippen molar-refractivity contribution in [1.29, 1.82) is 0 Å². The summed E-state index contributed by atoms with van der Waals surface area (Å²) in [6, 6.07) is 10.5. The lowest BCUT2D eigenvalue weighted by atomic mass is 9.76. The van der Waals surface area contributed by atoms with Gasteiger partial charge in [-0.05, 0) is 79.0 Å². The summed E-state index contributed by atoms with van der Waals surface area (Å²) in [7, 11) is 0. The molecule has 0 spiro atoms. The lowest BCUT2D eigenvalue weighted by Crippen LogP contribution is -2.15. The first-order valence-electron chi connectivity index (χ1n) is 12.1. The average molecular weight is 519 g/mol. The highest BCUT2D eigenvalue weighted by Crippen LogP contribution is 2.44. The minimum absolute atomic E-state index is 0.119. The molecule has 198 valence electrons. The van der Waals surface area contributed by atoms with E-state index in [9.17, 15) is 19.5 Å². The van der Waals surface area contributed by atoms with Gasteiger partial charge in [-0.1, -0.05) is 38.4 Å². The third-order valence-corrected chi connectivity index (χ3v) is 6.19. The predicted molar refractivity (Wildman–Crippen MR) is 141 cm³/mol. The van der Waals surface area contributed by atoms with E-state index in [0.717, 1.165) is 55.0 Å². The van der Waals surface area contributed by atoms with Gasteiger partial charge in [-0.25, -0.2) is 14.4 Å². The molecule has 0 amide bonds. The molecule has 0 aliphatic heterocycles. The highest BCUT2D eigenvalue weighted by molar-refractivity contribution is 5.86. The smallest absolute Gasteiger partial charge is 0.335 e. The van der Waals surface area contributed by atoms with Crippen LogP contribution in [0.25, 0.3) is 0 Å². The van der Waals surface area contributed by atoms with Crippen molar-refractivity contribution in [2.45, 2.75) is 43.8 Å². The van der Waals surface area contributed by atoms with Gasteiger partial charge >= 0.3 is 17.9 Å². The van der Waals surface area contributed by atoms with Gasteiger partial charge in [-0.15, -0.1) is 0 Å². The average Bonchev–Trinajstić information content (AvgIpc) is 2.94. The van der Waals surface area contributed by atoms with E-state index in [0.29, 0.717) is 0 Å². The van der Waals surface area contributed by atoms with Crippen LogP contribution in [0.3, 0.4) is 0 Å². The Labute approximate surface area is 221 Å². The van der Waals surface area contributed by atoms with Crippen molar-refractivity contribution in [2.75, 3.05) is 0 Å². The summed E-state index contributed by atoms with van der Waals surface area (Å²) in [6.07, 6.45) is 6.48. The second-order valence-corrected chi connectivity index (χ2v) is 8.58. The van der Waals surface area contributed by atoms with Crippen molar-refractivity contribution in [3.05, 3.63) is 98.1 Å². The fraction of sp³-hybridized carbons (Fsp3) is 0.233.